The fourth-order valence-electron chi connectivity index (χ4n) is 3.86. The van der Waals surface area contributed by atoms with Crippen molar-refractivity contribution < 1.29 is 14.3 Å². The average Bonchev–Trinajstić information content (AvgIpc) is 3.26. The highest BCUT2D eigenvalue weighted by Crippen LogP contribution is 2.19. The lowest BCUT2D eigenvalue weighted by molar-refractivity contribution is -0.0704. The fourth-order valence-corrected chi connectivity index (χ4v) is 3.86. The summed E-state index contributed by atoms with van der Waals surface area (Å²) in [6.45, 7) is 12.5. The zero-order chi connectivity index (χ0) is 22.3. The third kappa shape index (κ3) is 7.09. The molecule has 3 N–H and O–H groups in total. The summed E-state index contributed by atoms with van der Waals surface area (Å²) >= 11 is 0. The van der Waals surface area contributed by atoms with Gasteiger partial charge in [0.1, 0.15) is 11.4 Å². The number of hydrogen-bond donors (Lipinski definition) is 3. The molecule has 3 rings (SSSR count). The van der Waals surface area contributed by atoms with E-state index in [1.165, 1.54) is 5.56 Å². The molecule has 1 aliphatic rings. The first-order valence-corrected chi connectivity index (χ1v) is 11.1. The average molecular weight is 429 g/mol. The number of nitrogens with zero attached hydrogens (tertiary/aromatic N) is 2. The number of nitrogens with one attached hydrogen (secondary N) is 2. The number of rotatable bonds is 8. The SMILES string of the molecule is CCNC(=NCc1ccc(CN2CC(C)OC(C)C2)cc1)NCC(C)(O)c1ccco1. The fraction of sp³-hybridized carbons (Fsp3) is 0.542. The van der Waals surface area contributed by atoms with Crippen molar-refractivity contribution in [3.8, 4) is 0 Å². The van der Waals surface area contributed by atoms with Gasteiger partial charge in [0.05, 0.1) is 31.6 Å². The maximum atomic E-state index is 10.6. The second kappa shape index (κ2) is 10.8. The van der Waals surface area contributed by atoms with Crippen LogP contribution in [0.15, 0.2) is 52.1 Å². The van der Waals surface area contributed by atoms with Crippen molar-refractivity contribution in [3.05, 3.63) is 59.5 Å². The Morgan fingerprint density at radius 2 is 1.81 bits per heavy atom. The van der Waals surface area contributed by atoms with Gasteiger partial charge in [0.2, 0.25) is 0 Å². The predicted octanol–water partition coefficient (Wildman–Crippen LogP) is 2.85. The normalized spacial score (nSPS) is 22.2. The van der Waals surface area contributed by atoms with Crippen LogP contribution in [0.3, 0.4) is 0 Å². The molecule has 0 bridgehead atoms. The predicted molar refractivity (Wildman–Crippen MR) is 123 cm³/mol. The smallest absolute Gasteiger partial charge is 0.191 e. The van der Waals surface area contributed by atoms with Crippen LogP contribution in [-0.2, 0) is 23.4 Å². The molecule has 1 fully saturated rings. The van der Waals surface area contributed by atoms with Gasteiger partial charge < -0.3 is 24.9 Å². The van der Waals surface area contributed by atoms with E-state index in [9.17, 15) is 5.11 Å². The number of aliphatic hydroxyl groups is 1. The van der Waals surface area contributed by atoms with E-state index >= 15 is 0 Å². The Morgan fingerprint density at radius 1 is 1.13 bits per heavy atom. The summed E-state index contributed by atoms with van der Waals surface area (Å²) < 4.78 is 11.2. The number of aliphatic imine (C=N–C) groups is 1. The topological polar surface area (TPSA) is 82.3 Å². The van der Waals surface area contributed by atoms with Crippen molar-refractivity contribution in [2.24, 2.45) is 4.99 Å². The summed E-state index contributed by atoms with van der Waals surface area (Å²) in [7, 11) is 0. The lowest BCUT2D eigenvalue weighted by Crippen LogP contribution is -2.44. The summed E-state index contributed by atoms with van der Waals surface area (Å²) in [5, 5.41) is 17.1. The molecule has 0 spiro atoms. The molecule has 31 heavy (non-hydrogen) atoms. The highest BCUT2D eigenvalue weighted by Gasteiger charge is 2.26. The molecule has 1 aliphatic heterocycles. The summed E-state index contributed by atoms with van der Waals surface area (Å²) in [6.07, 6.45) is 2.12. The summed E-state index contributed by atoms with van der Waals surface area (Å²) in [4.78, 5) is 7.11. The van der Waals surface area contributed by atoms with E-state index in [-0.39, 0.29) is 12.2 Å². The minimum absolute atomic E-state index is 0.280. The van der Waals surface area contributed by atoms with Crippen LogP contribution in [-0.4, -0.2) is 54.4 Å². The molecular formula is C24H36N4O3. The monoisotopic (exact) mass is 428 g/mol. The Morgan fingerprint density at radius 3 is 2.42 bits per heavy atom. The Balaban J connectivity index is 1.54. The molecule has 3 atom stereocenters. The first-order chi connectivity index (χ1) is 14.9. The maximum Gasteiger partial charge on any atom is 0.191 e. The van der Waals surface area contributed by atoms with Gasteiger partial charge in [0.25, 0.3) is 0 Å². The van der Waals surface area contributed by atoms with E-state index in [1.807, 2.05) is 6.92 Å². The third-order valence-corrected chi connectivity index (χ3v) is 5.34. The van der Waals surface area contributed by atoms with Gasteiger partial charge in [-0.15, -0.1) is 0 Å². The van der Waals surface area contributed by atoms with Gasteiger partial charge in [-0.25, -0.2) is 4.99 Å². The highest BCUT2D eigenvalue weighted by atomic mass is 16.5. The second-order valence-electron chi connectivity index (χ2n) is 8.57. The molecule has 1 saturated heterocycles. The molecule has 170 valence electrons. The molecular weight excluding hydrogens is 392 g/mol. The molecule has 0 aliphatic carbocycles. The number of hydrogen-bond acceptors (Lipinski definition) is 5. The molecule has 1 aromatic carbocycles. The minimum Gasteiger partial charge on any atom is -0.466 e. The number of morpholine rings is 1. The van der Waals surface area contributed by atoms with Crippen LogP contribution in [0.4, 0.5) is 0 Å². The molecule has 2 heterocycles. The summed E-state index contributed by atoms with van der Waals surface area (Å²) in [5.41, 5.74) is 1.33. The Kier molecular flexibility index (Phi) is 8.12. The second-order valence-corrected chi connectivity index (χ2v) is 8.57. The van der Waals surface area contributed by atoms with Crippen molar-refractivity contribution in [3.63, 3.8) is 0 Å². The lowest BCUT2D eigenvalue weighted by Gasteiger charge is -2.35. The minimum atomic E-state index is -1.12. The van der Waals surface area contributed by atoms with E-state index < -0.39 is 5.60 Å². The van der Waals surface area contributed by atoms with Crippen LogP contribution >= 0.6 is 0 Å². The largest absolute Gasteiger partial charge is 0.466 e. The molecule has 0 saturated carbocycles. The Hall–Kier alpha value is -2.35. The molecule has 7 nitrogen and oxygen atoms in total. The van der Waals surface area contributed by atoms with Crippen LogP contribution < -0.4 is 10.6 Å². The Labute approximate surface area is 185 Å². The van der Waals surface area contributed by atoms with Gasteiger partial charge in [0.15, 0.2) is 5.96 Å². The van der Waals surface area contributed by atoms with Crippen LogP contribution in [0.25, 0.3) is 0 Å². The van der Waals surface area contributed by atoms with E-state index in [4.69, 9.17) is 9.15 Å². The molecule has 0 amide bonds. The van der Waals surface area contributed by atoms with Crippen molar-refractivity contribution in [1.29, 1.82) is 0 Å². The zero-order valence-corrected chi connectivity index (χ0v) is 19.1. The van der Waals surface area contributed by atoms with Crippen LogP contribution in [0.2, 0.25) is 0 Å². The molecule has 0 radical (unpaired) electrons. The van der Waals surface area contributed by atoms with E-state index in [0.29, 0.717) is 24.8 Å². The third-order valence-electron chi connectivity index (χ3n) is 5.34. The van der Waals surface area contributed by atoms with Gasteiger partial charge in [-0.05, 0) is 51.0 Å². The number of guanidine groups is 1. The first kappa shape index (κ1) is 23.3. The quantitative estimate of drug-likeness (QED) is 0.443. The van der Waals surface area contributed by atoms with Crippen molar-refractivity contribution in [2.75, 3.05) is 26.2 Å². The first-order valence-electron chi connectivity index (χ1n) is 11.1. The molecule has 1 aromatic heterocycles. The summed E-state index contributed by atoms with van der Waals surface area (Å²) in [5.74, 6) is 1.19. The Bertz CT molecular complexity index is 808. The number of ether oxygens (including phenoxy) is 1. The molecule has 3 unspecified atom stereocenters. The van der Waals surface area contributed by atoms with E-state index in [2.05, 4.69) is 58.6 Å². The van der Waals surface area contributed by atoms with Gasteiger partial charge in [0, 0.05) is 26.2 Å². The van der Waals surface area contributed by atoms with Gasteiger partial charge in [-0.2, -0.15) is 0 Å². The lowest BCUT2D eigenvalue weighted by atomic mass is 10.0. The molecule has 2 aromatic rings. The van der Waals surface area contributed by atoms with Gasteiger partial charge in [-0.3, -0.25) is 4.90 Å². The van der Waals surface area contributed by atoms with Crippen molar-refractivity contribution >= 4 is 5.96 Å². The van der Waals surface area contributed by atoms with E-state index in [1.54, 1.807) is 25.3 Å². The van der Waals surface area contributed by atoms with Crippen molar-refractivity contribution in [1.82, 2.24) is 15.5 Å². The zero-order valence-electron chi connectivity index (χ0n) is 19.1. The van der Waals surface area contributed by atoms with Gasteiger partial charge in [-0.1, -0.05) is 24.3 Å². The summed E-state index contributed by atoms with van der Waals surface area (Å²) in [6, 6.07) is 12.2. The van der Waals surface area contributed by atoms with Crippen molar-refractivity contribution in [2.45, 2.75) is 58.6 Å². The molecule has 7 heteroatoms. The number of furan rings is 1. The standard InChI is InChI=1S/C24H36N4O3/c1-5-25-23(27-17-24(4,29)22-7-6-12-30-22)26-13-20-8-10-21(11-9-20)16-28-14-18(2)31-19(3)15-28/h6-12,18-19,29H,5,13-17H2,1-4H3,(H2,25,26,27). The van der Waals surface area contributed by atoms with Crippen LogP contribution in [0, 0.1) is 0 Å². The van der Waals surface area contributed by atoms with Crippen LogP contribution in [0.5, 0.6) is 0 Å². The highest BCUT2D eigenvalue weighted by molar-refractivity contribution is 5.79. The number of benzene rings is 1. The maximum absolute atomic E-state index is 10.6. The van der Waals surface area contributed by atoms with Gasteiger partial charge >= 0.3 is 0 Å². The van der Waals surface area contributed by atoms with E-state index in [0.717, 1.165) is 31.7 Å². The van der Waals surface area contributed by atoms with Crippen LogP contribution in [0.1, 0.15) is 44.6 Å².